The summed E-state index contributed by atoms with van der Waals surface area (Å²) < 4.78 is 67.0. The van der Waals surface area contributed by atoms with Crippen LogP contribution in [0, 0.1) is 0 Å². The van der Waals surface area contributed by atoms with Crippen molar-refractivity contribution in [2.75, 3.05) is 12.4 Å². The molecule has 0 bridgehead atoms. The summed E-state index contributed by atoms with van der Waals surface area (Å²) in [7, 11) is -0.572. The fourth-order valence-electron chi connectivity index (χ4n) is 2.78. The number of aromatic nitrogens is 2. The second kappa shape index (κ2) is 7.88. The molecule has 0 aliphatic heterocycles. The molecule has 0 fully saturated rings. The van der Waals surface area contributed by atoms with Crippen molar-refractivity contribution in [1.82, 2.24) is 14.3 Å². The van der Waals surface area contributed by atoms with Gasteiger partial charge in [-0.1, -0.05) is 12.1 Å². The summed E-state index contributed by atoms with van der Waals surface area (Å²) in [5.74, 6) is 0. The van der Waals surface area contributed by atoms with Crippen molar-refractivity contribution in [1.29, 1.82) is 0 Å². The minimum atomic E-state index is -4.42. The molecule has 3 aromatic rings. The van der Waals surface area contributed by atoms with Crippen molar-refractivity contribution < 1.29 is 21.6 Å². The van der Waals surface area contributed by atoms with Gasteiger partial charge in [0.2, 0.25) is 10.0 Å². The Kier molecular flexibility index (Phi) is 5.67. The normalized spacial score (nSPS) is 12.2. The fourth-order valence-corrected chi connectivity index (χ4v) is 3.54. The lowest BCUT2D eigenvalue weighted by Crippen LogP contribution is -2.18. The molecule has 2 aromatic carbocycles. The molecule has 154 valence electrons. The summed E-state index contributed by atoms with van der Waals surface area (Å²) in [6, 6.07) is 9.50. The van der Waals surface area contributed by atoms with E-state index < -0.39 is 21.8 Å². The van der Waals surface area contributed by atoms with Gasteiger partial charge in [-0.05, 0) is 42.9 Å². The summed E-state index contributed by atoms with van der Waals surface area (Å²) in [5, 5.41) is 3.08. The third-order valence-electron chi connectivity index (χ3n) is 4.29. The number of halogens is 3. The van der Waals surface area contributed by atoms with E-state index in [4.69, 9.17) is 0 Å². The standard InChI is InChI=1S/C19H19F3N4O2S/c1-23-29(27,28)15-6-7-17(16(9-15)18-11-26(2)12-25-18)24-10-13-4-3-5-14(8-13)19(20,21)22/h3-9,11-12,23-24H,10H2,1-2H3. The molecule has 0 saturated carbocycles. The van der Waals surface area contributed by atoms with Crippen LogP contribution in [-0.2, 0) is 29.8 Å². The third-order valence-corrected chi connectivity index (χ3v) is 5.70. The van der Waals surface area contributed by atoms with Crippen molar-refractivity contribution in [2.45, 2.75) is 17.6 Å². The Morgan fingerprint density at radius 1 is 1.14 bits per heavy atom. The first-order valence-electron chi connectivity index (χ1n) is 8.56. The van der Waals surface area contributed by atoms with Gasteiger partial charge in [0.25, 0.3) is 0 Å². The molecule has 0 spiro atoms. The van der Waals surface area contributed by atoms with Gasteiger partial charge in [-0.25, -0.2) is 18.1 Å². The number of rotatable bonds is 6. The van der Waals surface area contributed by atoms with Gasteiger partial charge >= 0.3 is 6.18 Å². The number of aryl methyl sites for hydroxylation is 1. The largest absolute Gasteiger partial charge is 0.416 e. The van der Waals surface area contributed by atoms with Gasteiger partial charge in [-0.15, -0.1) is 0 Å². The molecule has 1 aromatic heterocycles. The number of alkyl halides is 3. The number of nitrogens with zero attached hydrogens (tertiary/aromatic N) is 2. The topological polar surface area (TPSA) is 76.0 Å². The molecule has 2 N–H and O–H groups in total. The average Bonchev–Trinajstić information content (AvgIpc) is 3.12. The maximum atomic E-state index is 12.9. The summed E-state index contributed by atoms with van der Waals surface area (Å²) in [5.41, 5.74) is 1.33. The molecule has 3 rings (SSSR count). The molecule has 0 atom stereocenters. The van der Waals surface area contributed by atoms with Crippen LogP contribution in [0.5, 0.6) is 0 Å². The van der Waals surface area contributed by atoms with E-state index in [0.717, 1.165) is 12.1 Å². The number of benzene rings is 2. The molecule has 0 unspecified atom stereocenters. The van der Waals surface area contributed by atoms with E-state index in [1.807, 2.05) is 0 Å². The van der Waals surface area contributed by atoms with Crippen molar-refractivity contribution in [3.8, 4) is 11.3 Å². The first kappa shape index (κ1) is 20.9. The summed E-state index contributed by atoms with van der Waals surface area (Å²) in [6.45, 7) is 0.127. The molecule has 0 aliphatic rings. The Bertz CT molecular complexity index is 1120. The molecular formula is C19H19F3N4O2S. The van der Waals surface area contributed by atoms with E-state index in [2.05, 4.69) is 15.0 Å². The molecule has 29 heavy (non-hydrogen) atoms. The molecule has 0 radical (unpaired) electrons. The van der Waals surface area contributed by atoms with Crippen molar-refractivity contribution in [3.05, 3.63) is 66.1 Å². The van der Waals surface area contributed by atoms with Crippen molar-refractivity contribution in [2.24, 2.45) is 7.05 Å². The average molecular weight is 424 g/mol. The van der Waals surface area contributed by atoms with Crippen LogP contribution in [0.3, 0.4) is 0 Å². The van der Waals surface area contributed by atoms with E-state index in [9.17, 15) is 21.6 Å². The van der Waals surface area contributed by atoms with Gasteiger partial charge in [0.1, 0.15) is 0 Å². The number of anilines is 1. The van der Waals surface area contributed by atoms with Crippen LogP contribution >= 0.6 is 0 Å². The van der Waals surface area contributed by atoms with E-state index >= 15 is 0 Å². The number of hydrogen-bond donors (Lipinski definition) is 2. The Morgan fingerprint density at radius 2 is 1.90 bits per heavy atom. The first-order valence-corrected chi connectivity index (χ1v) is 10.0. The summed E-state index contributed by atoms with van der Waals surface area (Å²) >= 11 is 0. The number of hydrogen-bond acceptors (Lipinski definition) is 4. The van der Waals surface area contributed by atoms with E-state index in [-0.39, 0.29) is 11.4 Å². The van der Waals surface area contributed by atoms with Gasteiger partial charge in [0, 0.05) is 31.0 Å². The van der Waals surface area contributed by atoms with Gasteiger partial charge in [0.15, 0.2) is 0 Å². The van der Waals surface area contributed by atoms with Gasteiger partial charge in [-0.3, -0.25) is 0 Å². The smallest absolute Gasteiger partial charge is 0.380 e. The zero-order chi connectivity index (χ0) is 21.2. The van der Waals surface area contributed by atoms with E-state index in [1.54, 1.807) is 36.3 Å². The molecule has 1 heterocycles. The Morgan fingerprint density at radius 3 is 2.52 bits per heavy atom. The van der Waals surface area contributed by atoms with Crippen LogP contribution in [0.15, 0.2) is 59.9 Å². The van der Waals surface area contributed by atoms with E-state index in [1.165, 1.54) is 25.2 Å². The predicted molar refractivity (Wildman–Crippen MR) is 104 cm³/mol. The highest BCUT2D eigenvalue weighted by atomic mass is 32.2. The molecule has 0 saturated heterocycles. The Labute approximate surface area is 166 Å². The van der Waals surface area contributed by atoms with Crippen LogP contribution in [0.4, 0.5) is 18.9 Å². The number of sulfonamides is 1. The fraction of sp³-hybridized carbons (Fsp3) is 0.211. The van der Waals surface area contributed by atoms with Crippen LogP contribution in [0.25, 0.3) is 11.3 Å². The van der Waals surface area contributed by atoms with Crippen LogP contribution in [0.1, 0.15) is 11.1 Å². The lowest BCUT2D eigenvalue weighted by Gasteiger charge is -2.14. The lowest BCUT2D eigenvalue weighted by molar-refractivity contribution is -0.137. The zero-order valence-electron chi connectivity index (χ0n) is 15.7. The summed E-state index contributed by atoms with van der Waals surface area (Å²) in [4.78, 5) is 4.32. The second-order valence-corrected chi connectivity index (χ2v) is 8.28. The molecule has 6 nitrogen and oxygen atoms in total. The minimum Gasteiger partial charge on any atom is -0.380 e. The quantitative estimate of drug-likeness (QED) is 0.634. The van der Waals surface area contributed by atoms with Gasteiger partial charge < -0.3 is 9.88 Å². The zero-order valence-corrected chi connectivity index (χ0v) is 16.5. The molecular weight excluding hydrogens is 405 g/mol. The molecule has 10 heteroatoms. The predicted octanol–water partition coefficient (Wildman–Crippen LogP) is 3.63. The van der Waals surface area contributed by atoms with Crippen LogP contribution < -0.4 is 10.0 Å². The summed E-state index contributed by atoms with van der Waals surface area (Å²) in [6.07, 6.45) is -1.12. The molecule has 0 amide bonds. The SMILES string of the molecule is CNS(=O)(=O)c1ccc(NCc2cccc(C(F)(F)F)c2)c(-c2cn(C)cn2)c1. The minimum absolute atomic E-state index is 0.0604. The first-order chi connectivity index (χ1) is 13.6. The highest BCUT2D eigenvalue weighted by Gasteiger charge is 2.30. The van der Waals surface area contributed by atoms with Crippen molar-refractivity contribution >= 4 is 15.7 Å². The maximum Gasteiger partial charge on any atom is 0.416 e. The lowest BCUT2D eigenvalue weighted by atomic mass is 10.1. The molecule has 0 aliphatic carbocycles. The van der Waals surface area contributed by atoms with Crippen LogP contribution in [0.2, 0.25) is 0 Å². The monoisotopic (exact) mass is 424 g/mol. The number of imidazole rings is 1. The highest BCUT2D eigenvalue weighted by Crippen LogP contribution is 2.31. The van der Waals surface area contributed by atoms with Gasteiger partial charge in [-0.2, -0.15) is 13.2 Å². The second-order valence-electron chi connectivity index (χ2n) is 6.39. The van der Waals surface area contributed by atoms with Gasteiger partial charge in [0.05, 0.1) is 22.5 Å². The Hall–Kier alpha value is -2.85. The van der Waals surface area contributed by atoms with Crippen LogP contribution in [-0.4, -0.2) is 25.0 Å². The third kappa shape index (κ3) is 4.77. The number of nitrogens with one attached hydrogen (secondary N) is 2. The highest BCUT2D eigenvalue weighted by molar-refractivity contribution is 7.89. The maximum absolute atomic E-state index is 12.9. The van der Waals surface area contributed by atoms with E-state index in [0.29, 0.717) is 22.5 Å². The Balaban J connectivity index is 1.95. The van der Waals surface area contributed by atoms with Crippen molar-refractivity contribution in [3.63, 3.8) is 0 Å².